The SMILES string of the molecule is O=C(O)c1ccc(CCN2C(=O)C(=Cc3ccc(OCCN4CCOCC4)c(-c4ccc5n[nH]nc5c4)c3)SC2=S)cc1. The van der Waals surface area contributed by atoms with E-state index in [0.717, 1.165) is 71.9 Å². The van der Waals surface area contributed by atoms with Crippen LogP contribution in [0.2, 0.25) is 0 Å². The highest BCUT2D eigenvalue weighted by molar-refractivity contribution is 8.26. The molecular weight excluding hydrogens is 587 g/mol. The highest BCUT2D eigenvalue weighted by Crippen LogP contribution is 2.36. The minimum Gasteiger partial charge on any atom is -0.492 e. The van der Waals surface area contributed by atoms with E-state index >= 15 is 0 Å². The fourth-order valence-corrected chi connectivity index (χ4v) is 6.31. The van der Waals surface area contributed by atoms with Gasteiger partial charge in [0, 0.05) is 31.7 Å². The summed E-state index contributed by atoms with van der Waals surface area (Å²) in [4.78, 5) is 28.9. The summed E-state index contributed by atoms with van der Waals surface area (Å²) in [7, 11) is 0. The molecule has 0 aliphatic carbocycles. The molecule has 220 valence electrons. The molecule has 2 fully saturated rings. The first-order chi connectivity index (χ1) is 20.9. The van der Waals surface area contributed by atoms with Crippen molar-refractivity contribution in [1.29, 1.82) is 0 Å². The third-order valence-corrected chi connectivity index (χ3v) is 8.77. The molecule has 4 aromatic rings. The average molecular weight is 616 g/mol. The summed E-state index contributed by atoms with van der Waals surface area (Å²) in [6.45, 7) is 5.02. The van der Waals surface area contributed by atoms with Gasteiger partial charge in [0.05, 0.1) is 23.7 Å². The molecule has 3 heterocycles. The van der Waals surface area contributed by atoms with Crippen LogP contribution in [0.3, 0.4) is 0 Å². The molecule has 12 heteroatoms. The molecule has 0 spiro atoms. The van der Waals surface area contributed by atoms with Crippen LogP contribution in [0.5, 0.6) is 5.75 Å². The Kier molecular flexibility index (Phi) is 8.79. The summed E-state index contributed by atoms with van der Waals surface area (Å²) < 4.78 is 12.2. The number of nitrogens with zero attached hydrogens (tertiary/aromatic N) is 4. The molecule has 0 atom stereocenters. The van der Waals surface area contributed by atoms with Crippen molar-refractivity contribution in [3.63, 3.8) is 0 Å². The number of hydrogen-bond donors (Lipinski definition) is 2. The Morgan fingerprint density at radius 2 is 1.84 bits per heavy atom. The highest BCUT2D eigenvalue weighted by Gasteiger charge is 2.31. The Balaban J connectivity index is 1.20. The predicted octanol–water partition coefficient (Wildman–Crippen LogP) is 4.48. The fourth-order valence-electron chi connectivity index (χ4n) is 5.01. The van der Waals surface area contributed by atoms with E-state index in [2.05, 4.69) is 20.3 Å². The topological polar surface area (TPSA) is 121 Å². The van der Waals surface area contributed by atoms with Crippen LogP contribution >= 0.6 is 24.0 Å². The summed E-state index contributed by atoms with van der Waals surface area (Å²) in [5.41, 5.74) is 5.35. The monoisotopic (exact) mass is 615 g/mol. The van der Waals surface area contributed by atoms with E-state index in [-0.39, 0.29) is 11.5 Å². The summed E-state index contributed by atoms with van der Waals surface area (Å²) in [6, 6.07) is 18.4. The molecule has 0 saturated carbocycles. The Morgan fingerprint density at radius 1 is 1.05 bits per heavy atom. The number of nitrogens with one attached hydrogen (secondary N) is 1. The number of thioether (sulfide) groups is 1. The van der Waals surface area contributed by atoms with Gasteiger partial charge in [-0.3, -0.25) is 14.6 Å². The van der Waals surface area contributed by atoms with Gasteiger partial charge < -0.3 is 14.6 Å². The maximum Gasteiger partial charge on any atom is 0.335 e. The zero-order valence-corrected chi connectivity index (χ0v) is 24.8. The third-order valence-electron chi connectivity index (χ3n) is 7.40. The number of aromatic carboxylic acids is 1. The Bertz CT molecular complexity index is 1700. The molecule has 10 nitrogen and oxygen atoms in total. The normalized spacial score (nSPS) is 16.8. The molecular formula is C31H29N5O5S2. The van der Waals surface area contributed by atoms with Gasteiger partial charge in [-0.25, -0.2) is 4.79 Å². The van der Waals surface area contributed by atoms with Crippen molar-refractivity contribution in [3.8, 4) is 16.9 Å². The maximum atomic E-state index is 13.3. The van der Waals surface area contributed by atoms with E-state index in [9.17, 15) is 9.59 Å². The molecule has 2 aliphatic heterocycles. The van der Waals surface area contributed by atoms with E-state index in [4.69, 9.17) is 26.8 Å². The second-order valence-corrected chi connectivity index (χ2v) is 11.8. The second kappa shape index (κ2) is 13.0. The van der Waals surface area contributed by atoms with Crippen LogP contribution in [-0.4, -0.2) is 92.5 Å². The molecule has 2 aliphatic rings. The number of carboxylic acid groups (broad SMARTS) is 1. The molecule has 1 amide bonds. The van der Waals surface area contributed by atoms with Gasteiger partial charge in [-0.15, -0.1) is 0 Å². The lowest BCUT2D eigenvalue weighted by atomic mass is 10.0. The summed E-state index contributed by atoms with van der Waals surface area (Å²) in [5, 5.41) is 20.2. The Morgan fingerprint density at radius 3 is 2.63 bits per heavy atom. The second-order valence-electron chi connectivity index (χ2n) is 10.2. The van der Waals surface area contributed by atoms with E-state index in [1.807, 2.05) is 42.5 Å². The van der Waals surface area contributed by atoms with E-state index in [1.165, 1.54) is 11.8 Å². The molecule has 6 rings (SSSR count). The molecule has 43 heavy (non-hydrogen) atoms. The number of amides is 1. The van der Waals surface area contributed by atoms with Crippen LogP contribution < -0.4 is 4.74 Å². The van der Waals surface area contributed by atoms with E-state index < -0.39 is 5.97 Å². The number of aromatic amines is 1. The van der Waals surface area contributed by atoms with Crippen LogP contribution in [0, 0.1) is 0 Å². The lowest BCUT2D eigenvalue weighted by Crippen LogP contribution is -2.38. The number of ether oxygens (including phenoxy) is 2. The van der Waals surface area contributed by atoms with Crippen molar-refractivity contribution in [2.45, 2.75) is 6.42 Å². The van der Waals surface area contributed by atoms with Gasteiger partial charge in [0.15, 0.2) is 0 Å². The quantitative estimate of drug-likeness (QED) is 0.195. The molecule has 2 N–H and O–H groups in total. The number of carboxylic acids is 1. The number of H-pyrrole nitrogens is 1. The number of hydrogen-bond acceptors (Lipinski definition) is 9. The average Bonchev–Trinajstić information content (AvgIpc) is 3.60. The highest BCUT2D eigenvalue weighted by atomic mass is 32.2. The van der Waals surface area contributed by atoms with Crippen molar-refractivity contribution in [2.75, 3.05) is 46.0 Å². The lowest BCUT2D eigenvalue weighted by Gasteiger charge is -2.26. The maximum absolute atomic E-state index is 13.3. The van der Waals surface area contributed by atoms with E-state index in [0.29, 0.717) is 28.8 Å². The molecule has 0 radical (unpaired) electrons. The first kappa shape index (κ1) is 29.0. The molecule has 0 unspecified atom stereocenters. The van der Waals surface area contributed by atoms with Crippen LogP contribution in [0.15, 0.2) is 65.6 Å². The number of aromatic nitrogens is 3. The van der Waals surface area contributed by atoms with Crippen LogP contribution in [0.25, 0.3) is 28.2 Å². The van der Waals surface area contributed by atoms with Crippen molar-refractivity contribution >= 4 is 57.3 Å². The Labute approximate surface area is 257 Å². The van der Waals surface area contributed by atoms with Crippen molar-refractivity contribution in [2.24, 2.45) is 0 Å². The van der Waals surface area contributed by atoms with Gasteiger partial charge in [-0.2, -0.15) is 15.4 Å². The van der Waals surface area contributed by atoms with Crippen molar-refractivity contribution in [1.82, 2.24) is 25.2 Å². The van der Waals surface area contributed by atoms with Gasteiger partial charge in [0.25, 0.3) is 5.91 Å². The van der Waals surface area contributed by atoms with Crippen LogP contribution in [0.1, 0.15) is 21.5 Å². The Hall–Kier alpha value is -4.10. The molecule has 1 aromatic heterocycles. The van der Waals surface area contributed by atoms with Crippen LogP contribution in [0.4, 0.5) is 0 Å². The lowest BCUT2D eigenvalue weighted by molar-refractivity contribution is -0.122. The number of rotatable bonds is 10. The number of carbonyl (C=O) groups is 2. The number of fused-ring (bicyclic) bond motifs is 1. The molecule has 2 saturated heterocycles. The van der Waals surface area contributed by atoms with Crippen molar-refractivity contribution in [3.05, 3.63) is 82.3 Å². The van der Waals surface area contributed by atoms with Gasteiger partial charge in [0.2, 0.25) is 0 Å². The van der Waals surface area contributed by atoms with Gasteiger partial charge in [0.1, 0.15) is 27.7 Å². The number of morpholine rings is 1. The fraction of sp³-hybridized carbons (Fsp3) is 0.258. The smallest absolute Gasteiger partial charge is 0.335 e. The first-order valence-electron chi connectivity index (χ1n) is 13.9. The van der Waals surface area contributed by atoms with Gasteiger partial charge in [-0.1, -0.05) is 48.2 Å². The van der Waals surface area contributed by atoms with Crippen LogP contribution in [-0.2, 0) is 16.0 Å². The molecule has 0 bridgehead atoms. The standard InChI is InChI=1S/C31H29N5O5S2/c37-29-28(43-31(42)36(29)10-9-20-1-4-22(5-2-20)30(38)39)18-21-3-8-27(41-16-13-35-11-14-40-15-12-35)24(17-21)23-6-7-25-26(19-23)33-34-32-25/h1-8,17-19H,9-16H2,(H,38,39)(H,32,33,34). The summed E-state index contributed by atoms with van der Waals surface area (Å²) >= 11 is 6.82. The minimum absolute atomic E-state index is 0.145. The van der Waals surface area contributed by atoms with E-state index in [1.54, 1.807) is 29.2 Å². The summed E-state index contributed by atoms with van der Waals surface area (Å²) in [6.07, 6.45) is 2.42. The zero-order valence-electron chi connectivity index (χ0n) is 23.2. The number of thiocarbonyl (C=S) groups is 1. The molecule has 3 aromatic carbocycles. The summed E-state index contributed by atoms with van der Waals surface area (Å²) in [5.74, 6) is -0.369. The predicted molar refractivity (Wildman–Crippen MR) is 169 cm³/mol. The largest absolute Gasteiger partial charge is 0.492 e. The number of carbonyl (C=O) groups excluding carboxylic acids is 1. The van der Waals surface area contributed by atoms with Crippen molar-refractivity contribution < 1.29 is 24.2 Å². The van der Waals surface area contributed by atoms with Gasteiger partial charge in [-0.05, 0) is 65.6 Å². The first-order valence-corrected chi connectivity index (χ1v) is 15.1. The zero-order chi connectivity index (χ0) is 29.8. The third kappa shape index (κ3) is 6.78. The number of benzene rings is 3. The van der Waals surface area contributed by atoms with Gasteiger partial charge >= 0.3 is 5.97 Å². The minimum atomic E-state index is -0.969.